The molecule has 1 aromatic carbocycles. The summed E-state index contributed by atoms with van der Waals surface area (Å²) in [5.74, 6) is -0.239. The lowest BCUT2D eigenvalue weighted by Crippen LogP contribution is -2.08. The summed E-state index contributed by atoms with van der Waals surface area (Å²) in [5, 5.41) is 3.96. The van der Waals surface area contributed by atoms with Crippen molar-refractivity contribution in [2.45, 2.75) is 44.9 Å². The molecule has 1 aliphatic rings. The highest BCUT2D eigenvalue weighted by molar-refractivity contribution is 5.85. The number of oxime groups is 1. The molecule has 0 aliphatic heterocycles. The largest absolute Gasteiger partial charge is 0.335 e. The molecule has 0 unspecified atom stereocenters. The van der Waals surface area contributed by atoms with Crippen LogP contribution in [0.25, 0.3) is 0 Å². The number of hydrogen-bond donors (Lipinski definition) is 0. The first kappa shape index (κ1) is 12.8. The maximum atomic E-state index is 11.5. The SMILES string of the molecule is O=C(CCc1ccccc1)ON=C1CCCCC1. The maximum absolute atomic E-state index is 11.5. The molecule has 1 fully saturated rings. The zero-order valence-electron chi connectivity index (χ0n) is 10.6. The highest BCUT2D eigenvalue weighted by atomic mass is 16.7. The van der Waals surface area contributed by atoms with Crippen molar-refractivity contribution in [3.8, 4) is 0 Å². The Morgan fingerprint density at radius 2 is 1.83 bits per heavy atom. The molecule has 0 saturated heterocycles. The Hall–Kier alpha value is -1.64. The highest BCUT2D eigenvalue weighted by Crippen LogP contribution is 2.15. The first-order chi connectivity index (χ1) is 8.84. The van der Waals surface area contributed by atoms with Gasteiger partial charge in [-0.1, -0.05) is 41.9 Å². The fourth-order valence-corrected chi connectivity index (χ4v) is 2.10. The number of rotatable bonds is 4. The summed E-state index contributed by atoms with van der Waals surface area (Å²) in [5.41, 5.74) is 2.19. The maximum Gasteiger partial charge on any atom is 0.335 e. The lowest BCUT2D eigenvalue weighted by molar-refractivity contribution is -0.143. The molecule has 0 atom stereocenters. The Kier molecular flexibility index (Phi) is 4.94. The molecule has 0 radical (unpaired) electrons. The molecule has 3 heteroatoms. The van der Waals surface area contributed by atoms with Crippen LogP contribution in [-0.2, 0) is 16.1 Å². The molecule has 18 heavy (non-hydrogen) atoms. The summed E-state index contributed by atoms with van der Waals surface area (Å²) >= 11 is 0. The number of benzene rings is 1. The molecular formula is C15H19NO2. The fourth-order valence-electron chi connectivity index (χ4n) is 2.10. The van der Waals surface area contributed by atoms with Crippen LogP contribution in [0.2, 0.25) is 0 Å². The van der Waals surface area contributed by atoms with Gasteiger partial charge in [0.25, 0.3) is 0 Å². The molecule has 0 aromatic heterocycles. The van der Waals surface area contributed by atoms with Gasteiger partial charge >= 0.3 is 5.97 Å². The van der Waals surface area contributed by atoms with Gasteiger partial charge in [-0.15, -0.1) is 0 Å². The average molecular weight is 245 g/mol. The van der Waals surface area contributed by atoms with Crippen LogP contribution in [0, 0.1) is 0 Å². The molecule has 0 N–H and O–H groups in total. The Bertz CT molecular complexity index is 404. The lowest BCUT2D eigenvalue weighted by Gasteiger charge is -2.10. The predicted octanol–water partition coefficient (Wildman–Crippen LogP) is 3.48. The van der Waals surface area contributed by atoms with E-state index in [1.165, 1.54) is 19.3 Å². The second-order valence-corrected chi connectivity index (χ2v) is 4.67. The van der Waals surface area contributed by atoms with E-state index in [0.717, 1.165) is 24.1 Å². The van der Waals surface area contributed by atoms with Crippen LogP contribution in [-0.4, -0.2) is 11.7 Å². The topological polar surface area (TPSA) is 38.7 Å². The normalized spacial score (nSPS) is 15.2. The van der Waals surface area contributed by atoms with Crippen molar-refractivity contribution in [1.82, 2.24) is 0 Å². The van der Waals surface area contributed by atoms with Crippen LogP contribution in [0.4, 0.5) is 0 Å². The zero-order valence-corrected chi connectivity index (χ0v) is 10.6. The van der Waals surface area contributed by atoms with Crippen molar-refractivity contribution in [3.05, 3.63) is 35.9 Å². The molecule has 1 aromatic rings. The molecule has 1 saturated carbocycles. The van der Waals surface area contributed by atoms with Crippen LogP contribution < -0.4 is 0 Å². The van der Waals surface area contributed by atoms with Crippen LogP contribution in [0.3, 0.4) is 0 Å². The molecule has 0 heterocycles. The Morgan fingerprint density at radius 3 is 2.56 bits per heavy atom. The third-order valence-corrected chi connectivity index (χ3v) is 3.17. The van der Waals surface area contributed by atoms with E-state index in [9.17, 15) is 4.79 Å². The van der Waals surface area contributed by atoms with Gasteiger partial charge in [-0.25, -0.2) is 4.79 Å². The Labute approximate surface area is 108 Å². The second-order valence-electron chi connectivity index (χ2n) is 4.67. The van der Waals surface area contributed by atoms with Gasteiger partial charge < -0.3 is 4.84 Å². The zero-order chi connectivity index (χ0) is 12.6. The summed E-state index contributed by atoms with van der Waals surface area (Å²) in [4.78, 5) is 16.5. The highest BCUT2D eigenvalue weighted by Gasteiger charge is 2.09. The van der Waals surface area contributed by atoms with Crippen LogP contribution in [0.15, 0.2) is 35.5 Å². The summed E-state index contributed by atoms with van der Waals surface area (Å²) in [7, 11) is 0. The van der Waals surface area contributed by atoms with E-state index in [-0.39, 0.29) is 5.97 Å². The third-order valence-electron chi connectivity index (χ3n) is 3.17. The van der Waals surface area contributed by atoms with Gasteiger partial charge in [0.05, 0.1) is 12.1 Å². The third kappa shape index (κ3) is 4.32. The molecule has 0 bridgehead atoms. The van der Waals surface area contributed by atoms with Crippen LogP contribution >= 0.6 is 0 Å². The van der Waals surface area contributed by atoms with Crippen molar-refractivity contribution < 1.29 is 9.63 Å². The Balaban J connectivity index is 1.72. The van der Waals surface area contributed by atoms with Gasteiger partial charge in [-0.05, 0) is 37.7 Å². The van der Waals surface area contributed by atoms with Crippen LogP contribution in [0.1, 0.15) is 44.1 Å². The number of nitrogens with zero attached hydrogens (tertiary/aromatic N) is 1. The first-order valence-electron chi connectivity index (χ1n) is 6.64. The summed E-state index contributed by atoms with van der Waals surface area (Å²) < 4.78 is 0. The number of aryl methyl sites for hydroxylation is 1. The summed E-state index contributed by atoms with van der Waals surface area (Å²) in [6.07, 6.45) is 6.66. The smallest absolute Gasteiger partial charge is 0.318 e. The average Bonchev–Trinajstić information content (AvgIpc) is 2.45. The van der Waals surface area contributed by atoms with Crippen molar-refractivity contribution in [2.75, 3.05) is 0 Å². The standard InChI is InChI=1S/C15H19NO2/c17-15(12-11-13-7-3-1-4-8-13)18-16-14-9-5-2-6-10-14/h1,3-4,7-8H,2,5-6,9-12H2. The van der Waals surface area contributed by atoms with Crippen LogP contribution in [0.5, 0.6) is 0 Å². The minimum absolute atomic E-state index is 0.239. The van der Waals surface area contributed by atoms with E-state index >= 15 is 0 Å². The van der Waals surface area contributed by atoms with E-state index in [0.29, 0.717) is 12.8 Å². The summed E-state index contributed by atoms with van der Waals surface area (Å²) in [6.45, 7) is 0. The van der Waals surface area contributed by atoms with Gasteiger partial charge in [0, 0.05) is 0 Å². The monoisotopic (exact) mass is 245 g/mol. The first-order valence-corrected chi connectivity index (χ1v) is 6.64. The minimum atomic E-state index is -0.239. The van der Waals surface area contributed by atoms with Crippen molar-refractivity contribution in [2.24, 2.45) is 5.16 Å². The quantitative estimate of drug-likeness (QED) is 0.601. The van der Waals surface area contributed by atoms with E-state index in [4.69, 9.17) is 4.84 Å². The van der Waals surface area contributed by atoms with E-state index in [2.05, 4.69) is 5.16 Å². The second kappa shape index (κ2) is 6.94. The molecule has 2 rings (SSSR count). The lowest BCUT2D eigenvalue weighted by atomic mass is 9.99. The minimum Gasteiger partial charge on any atom is -0.318 e. The van der Waals surface area contributed by atoms with Crippen molar-refractivity contribution in [3.63, 3.8) is 0 Å². The Morgan fingerprint density at radius 1 is 1.11 bits per heavy atom. The molecule has 3 nitrogen and oxygen atoms in total. The number of carbonyl (C=O) groups is 1. The molecule has 0 spiro atoms. The van der Waals surface area contributed by atoms with Crippen molar-refractivity contribution >= 4 is 11.7 Å². The summed E-state index contributed by atoms with van der Waals surface area (Å²) in [6, 6.07) is 9.95. The number of hydrogen-bond acceptors (Lipinski definition) is 3. The van der Waals surface area contributed by atoms with Gasteiger partial charge in [0.15, 0.2) is 0 Å². The van der Waals surface area contributed by atoms with Gasteiger partial charge in [0.1, 0.15) is 0 Å². The van der Waals surface area contributed by atoms with Gasteiger partial charge in [-0.3, -0.25) is 0 Å². The fraction of sp³-hybridized carbons (Fsp3) is 0.467. The molecule has 96 valence electrons. The van der Waals surface area contributed by atoms with E-state index in [1.807, 2.05) is 30.3 Å². The molecule has 1 aliphatic carbocycles. The molecular weight excluding hydrogens is 226 g/mol. The van der Waals surface area contributed by atoms with E-state index in [1.54, 1.807) is 0 Å². The van der Waals surface area contributed by atoms with Crippen molar-refractivity contribution in [1.29, 1.82) is 0 Å². The predicted molar refractivity (Wildman–Crippen MR) is 71.4 cm³/mol. The van der Waals surface area contributed by atoms with Gasteiger partial charge in [-0.2, -0.15) is 0 Å². The van der Waals surface area contributed by atoms with Gasteiger partial charge in [0.2, 0.25) is 0 Å². The molecule has 0 amide bonds. The number of carbonyl (C=O) groups excluding carboxylic acids is 1. The van der Waals surface area contributed by atoms with E-state index < -0.39 is 0 Å².